The second-order valence-corrected chi connectivity index (χ2v) is 6.37. The molecule has 0 fully saturated rings. The molecule has 2 amide bonds. The first-order chi connectivity index (χ1) is 13.4. The van der Waals surface area contributed by atoms with E-state index in [-0.39, 0.29) is 5.69 Å². The Balaban J connectivity index is 1.42. The van der Waals surface area contributed by atoms with Gasteiger partial charge in [0.25, 0.3) is 5.91 Å². The fourth-order valence-corrected chi connectivity index (χ4v) is 2.92. The number of benzene rings is 2. The molecule has 0 saturated carbocycles. The van der Waals surface area contributed by atoms with Crippen molar-refractivity contribution in [3.63, 3.8) is 0 Å². The summed E-state index contributed by atoms with van der Waals surface area (Å²) in [6.45, 7) is -0.942. The third kappa shape index (κ3) is 4.91. The number of amides is 2. The number of aryl methyl sites for hydroxylation is 2. The molecule has 1 aliphatic carbocycles. The van der Waals surface area contributed by atoms with Gasteiger partial charge in [-0.15, -0.1) is 0 Å². The van der Waals surface area contributed by atoms with E-state index in [1.54, 1.807) is 12.1 Å². The Bertz CT molecular complexity index is 930. The smallest absolute Gasteiger partial charge is 0.338 e. The third-order valence-electron chi connectivity index (χ3n) is 4.32. The van der Waals surface area contributed by atoms with E-state index in [4.69, 9.17) is 4.74 Å². The molecule has 2 N–H and O–H groups in total. The molecule has 146 valence electrons. The highest BCUT2D eigenvalue weighted by Crippen LogP contribution is 2.23. The van der Waals surface area contributed by atoms with Crippen molar-refractivity contribution in [2.75, 3.05) is 18.5 Å². The molecule has 0 aromatic heterocycles. The van der Waals surface area contributed by atoms with E-state index in [0.717, 1.165) is 37.0 Å². The first-order valence-corrected chi connectivity index (χ1v) is 8.73. The number of rotatable bonds is 6. The normalized spacial score (nSPS) is 12.2. The number of fused-ring (bicyclic) bond motifs is 1. The average molecular weight is 388 g/mol. The zero-order valence-electron chi connectivity index (χ0n) is 14.9. The predicted octanol–water partition coefficient (Wildman–Crippen LogP) is 2.37. The van der Waals surface area contributed by atoms with Crippen LogP contribution >= 0.6 is 0 Å². The molecule has 0 saturated heterocycles. The topological polar surface area (TPSA) is 84.5 Å². The summed E-state index contributed by atoms with van der Waals surface area (Å²) in [4.78, 5) is 35.5. The molecule has 0 atom stereocenters. The van der Waals surface area contributed by atoms with Crippen LogP contribution in [0, 0.1) is 11.6 Å². The van der Waals surface area contributed by atoms with Crippen LogP contribution in [0.1, 0.15) is 27.9 Å². The van der Waals surface area contributed by atoms with E-state index >= 15 is 0 Å². The summed E-state index contributed by atoms with van der Waals surface area (Å²) in [6, 6.07) is 8.23. The summed E-state index contributed by atoms with van der Waals surface area (Å²) in [5.41, 5.74) is 2.78. The lowest BCUT2D eigenvalue weighted by atomic mass is 10.1. The quantitative estimate of drug-likeness (QED) is 0.744. The van der Waals surface area contributed by atoms with Gasteiger partial charge in [-0.3, -0.25) is 9.59 Å². The van der Waals surface area contributed by atoms with E-state index in [1.165, 1.54) is 11.6 Å². The molecule has 0 spiro atoms. The number of carbonyl (C=O) groups is 3. The van der Waals surface area contributed by atoms with E-state index in [1.807, 2.05) is 6.07 Å². The number of carbonyl (C=O) groups excluding carboxylic acids is 3. The molecular formula is C20H18F2N2O4. The number of hydrogen-bond donors (Lipinski definition) is 2. The van der Waals surface area contributed by atoms with Gasteiger partial charge in [0.2, 0.25) is 5.91 Å². The van der Waals surface area contributed by atoms with Crippen molar-refractivity contribution in [1.82, 2.24) is 5.32 Å². The van der Waals surface area contributed by atoms with Crippen LogP contribution in [0.5, 0.6) is 0 Å². The lowest BCUT2D eigenvalue weighted by Crippen LogP contribution is -2.35. The zero-order valence-corrected chi connectivity index (χ0v) is 14.9. The summed E-state index contributed by atoms with van der Waals surface area (Å²) >= 11 is 0. The maximum Gasteiger partial charge on any atom is 0.338 e. The SMILES string of the molecule is O=C(COC(=O)c1ccc2c(c1)CCC2)NCC(=O)Nc1ccc(F)c(F)c1. The number of halogens is 2. The molecule has 8 heteroatoms. The summed E-state index contributed by atoms with van der Waals surface area (Å²) in [5, 5.41) is 4.59. The number of ether oxygens (including phenoxy) is 1. The maximum absolute atomic E-state index is 13.1. The summed E-state index contributed by atoms with van der Waals surface area (Å²) in [7, 11) is 0. The Hall–Kier alpha value is -3.29. The standard InChI is InChI=1S/C20H18F2N2O4/c21-16-7-6-15(9-17(16)22)24-18(25)10-23-19(26)11-28-20(27)14-5-4-12-2-1-3-13(12)8-14/h4-9H,1-3,10-11H2,(H,23,26)(H,24,25). The Morgan fingerprint density at radius 1 is 0.929 bits per heavy atom. The highest BCUT2D eigenvalue weighted by Gasteiger charge is 2.16. The Kier molecular flexibility index (Phi) is 5.98. The van der Waals surface area contributed by atoms with Crippen LogP contribution in [0.3, 0.4) is 0 Å². The first kappa shape index (κ1) is 19.5. The summed E-state index contributed by atoms with van der Waals surface area (Å²) < 4.78 is 30.9. The van der Waals surface area contributed by atoms with Crippen molar-refractivity contribution in [3.05, 3.63) is 64.7 Å². The van der Waals surface area contributed by atoms with Crippen LogP contribution in [0.2, 0.25) is 0 Å². The van der Waals surface area contributed by atoms with Gasteiger partial charge < -0.3 is 15.4 Å². The molecule has 0 bridgehead atoms. The van der Waals surface area contributed by atoms with Gasteiger partial charge in [-0.25, -0.2) is 13.6 Å². The second kappa shape index (κ2) is 8.60. The number of esters is 1. The molecule has 2 aromatic rings. The van der Waals surface area contributed by atoms with Gasteiger partial charge in [-0.1, -0.05) is 6.07 Å². The van der Waals surface area contributed by atoms with Gasteiger partial charge in [0.1, 0.15) is 0 Å². The van der Waals surface area contributed by atoms with E-state index in [0.29, 0.717) is 5.56 Å². The molecule has 0 unspecified atom stereocenters. The van der Waals surface area contributed by atoms with E-state index in [9.17, 15) is 23.2 Å². The van der Waals surface area contributed by atoms with Gasteiger partial charge in [0, 0.05) is 11.8 Å². The molecule has 2 aromatic carbocycles. The molecular weight excluding hydrogens is 370 g/mol. The molecule has 6 nitrogen and oxygen atoms in total. The van der Waals surface area contributed by atoms with Crippen molar-refractivity contribution in [2.24, 2.45) is 0 Å². The Labute approximate surface area is 159 Å². The molecule has 0 aliphatic heterocycles. The highest BCUT2D eigenvalue weighted by molar-refractivity contribution is 5.95. The van der Waals surface area contributed by atoms with Crippen LogP contribution < -0.4 is 10.6 Å². The number of nitrogens with one attached hydrogen (secondary N) is 2. The highest BCUT2D eigenvalue weighted by atomic mass is 19.2. The fourth-order valence-electron chi connectivity index (χ4n) is 2.92. The third-order valence-corrected chi connectivity index (χ3v) is 4.32. The lowest BCUT2D eigenvalue weighted by Gasteiger charge is -2.08. The van der Waals surface area contributed by atoms with Gasteiger partial charge in [-0.2, -0.15) is 0 Å². The maximum atomic E-state index is 13.1. The molecule has 0 radical (unpaired) electrons. The van der Waals surface area contributed by atoms with Crippen molar-refractivity contribution in [3.8, 4) is 0 Å². The van der Waals surface area contributed by atoms with Gasteiger partial charge in [-0.05, 0) is 54.7 Å². The Morgan fingerprint density at radius 2 is 1.71 bits per heavy atom. The molecule has 1 aliphatic rings. The van der Waals surface area contributed by atoms with Crippen molar-refractivity contribution >= 4 is 23.5 Å². The van der Waals surface area contributed by atoms with Crippen molar-refractivity contribution in [1.29, 1.82) is 0 Å². The fraction of sp³-hybridized carbons (Fsp3) is 0.250. The minimum Gasteiger partial charge on any atom is -0.452 e. The lowest BCUT2D eigenvalue weighted by molar-refractivity contribution is -0.126. The predicted molar refractivity (Wildman–Crippen MR) is 96.7 cm³/mol. The van der Waals surface area contributed by atoms with Crippen molar-refractivity contribution < 1.29 is 27.9 Å². The summed E-state index contributed by atoms with van der Waals surface area (Å²) in [6.07, 6.45) is 2.98. The first-order valence-electron chi connectivity index (χ1n) is 8.73. The molecule has 3 rings (SSSR count). The second-order valence-electron chi connectivity index (χ2n) is 6.37. The van der Waals surface area contributed by atoms with Gasteiger partial charge in [0.15, 0.2) is 18.2 Å². The van der Waals surface area contributed by atoms with Crippen LogP contribution in [0.25, 0.3) is 0 Å². The van der Waals surface area contributed by atoms with E-state index < -0.39 is 42.6 Å². The zero-order chi connectivity index (χ0) is 20.1. The Morgan fingerprint density at radius 3 is 2.50 bits per heavy atom. The van der Waals surface area contributed by atoms with E-state index in [2.05, 4.69) is 10.6 Å². The molecule has 0 heterocycles. The monoisotopic (exact) mass is 388 g/mol. The largest absolute Gasteiger partial charge is 0.452 e. The van der Waals surface area contributed by atoms with Crippen molar-refractivity contribution in [2.45, 2.75) is 19.3 Å². The molecule has 28 heavy (non-hydrogen) atoms. The number of anilines is 1. The van der Waals surface area contributed by atoms with Crippen LogP contribution in [-0.4, -0.2) is 30.9 Å². The van der Waals surface area contributed by atoms with Crippen LogP contribution in [-0.2, 0) is 27.2 Å². The summed E-state index contributed by atoms with van der Waals surface area (Å²) in [5.74, 6) is -4.04. The average Bonchev–Trinajstić information content (AvgIpc) is 3.15. The van der Waals surface area contributed by atoms with Crippen LogP contribution in [0.4, 0.5) is 14.5 Å². The number of hydrogen-bond acceptors (Lipinski definition) is 4. The minimum absolute atomic E-state index is 0.0567. The van der Waals surface area contributed by atoms with Crippen LogP contribution in [0.15, 0.2) is 36.4 Å². The van der Waals surface area contributed by atoms with Gasteiger partial charge in [0.05, 0.1) is 12.1 Å². The minimum atomic E-state index is -1.10. The van der Waals surface area contributed by atoms with Gasteiger partial charge >= 0.3 is 5.97 Å².